The van der Waals surface area contributed by atoms with Crippen molar-refractivity contribution in [1.82, 2.24) is 4.98 Å². The van der Waals surface area contributed by atoms with Gasteiger partial charge in [0.1, 0.15) is 0 Å². The summed E-state index contributed by atoms with van der Waals surface area (Å²) in [6, 6.07) is 5.32. The summed E-state index contributed by atoms with van der Waals surface area (Å²) in [5.74, 6) is -1.29. The van der Waals surface area contributed by atoms with Gasteiger partial charge in [0, 0.05) is 23.9 Å². The van der Waals surface area contributed by atoms with Gasteiger partial charge in [-0.05, 0) is 37.3 Å². The molecule has 0 aromatic carbocycles. The first-order chi connectivity index (χ1) is 9.39. The van der Waals surface area contributed by atoms with Gasteiger partial charge in [0.05, 0.1) is 5.92 Å². The standard InChI is InChI=1S/C15H21F3N2/c1-10(13-7-2-3-8-20-13)14(19)11-5-4-6-12(9-11)15(16,17)18/h2-3,7-8,10-12,14H,4-6,9,19H2,1H3. The van der Waals surface area contributed by atoms with E-state index in [1.54, 1.807) is 6.20 Å². The topological polar surface area (TPSA) is 38.9 Å². The van der Waals surface area contributed by atoms with Crippen molar-refractivity contribution in [2.24, 2.45) is 17.6 Å². The Morgan fingerprint density at radius 3 is 2.65 bits per heavy atom. The number of halogens is 3. The molecule has 0 radical (unpaired) electrons. The summed E-state index contributed by atoms with van der Waals surface area (Å²) in [6.07, 6.45) is -0.612. The molecule has 1 aromatic rings. The van der Waals surface area contributed by atoms with E-state index in [0.29, 0.717) is 6.42 Å². The highest BCUT2D eigenvalue weighted by Crippen LogP contribution is 2.42. The summed E-state index contributed by atoms with van der Waals surface area (Å²) in [6.45, 7) is 1.95. The molecule has 112 valence electrons. The predicted octanol–water partition coefficient (Wildman–Crippen LogP) is 3.88. The van der Waals surface area contributed by atoms with Gasteiger partial charge in [-0.15, -0.1) is 0 Å². The molecule has 20 heavy (non-hydrogen) atoms. The van der Waals surface area contributed by atoms with E-state index in [2.05, 4.69) is 4.98 Å². The molecule has 4 unspecified atom stereocenters. The second kappa shape index (κ2) is 6.12. The average molecular weight is 286 g/mol. The van der Waals surface area contributed by atoms with Crippen molar-refractivity contribution in [3.63, 3.8) is 0 Å². The minimum atomic E-state index is -4.09. The highest BCUT2D eigenvalue weighted by atomic mass is 19.4. The Labute approximate surface area is 117 Å². The quantitative estimate of drug-likeness (QED) is 0.915. The zero-order chi connectivity index (χ0) is 14.8. The van der Waals surface area contributed by atoms with Crippen LogP contribution < -0.4 is 5.73 Å². The Bertz CT molecular complexity index is 419. The van der Waals surface area contributed by atoms with Gasteiger partial charge < -0.3 is 5.73 Å². The molecule has 4 atom stereocenters. The highest BCUT2D eigenvalue weighted by molar-refractivity contribution is 5.11. The van der Waals surface area contributed by atoms with Gasteiger partial charge in [-0.2, -0.15) is 13.2 Å². The Hall–Kier alpha value is -1.10. The van der Waals surface area contributed by atoms with Gasteiger partial charge >= 0.3 is 6.18 Å². The maximum atomic E-state index is 12.8. The van der Waals surface area contributed by atoms with Crippen LogP contribution in [0.3, 0.4) is 0 Å². The average Bonchev–Trinajstić information content (AvgIpc) is 2.46. The number of nitrogens with two attached hydrogens (primary N) is 1. The lowest BCUT2D eigenvalue weighted by Gasteiger charge is -2.36. The van der Waals surface area contributed by atoms with Gasteiger partial charge in [0.25, 0.3) is 0 Å². The molecule has 5 heteroatoms. The molecule has 2 N–H and O–H groups in total. The Balaban J connectivity index is 2.03. The van der Waals surface area contributed by atoms with Crippen LogP contribution in [0.1, 0.15) is 44.2 Å². The maximum absolute atomic E-state index is 12.8. The van der Waals surface area contributed by atoms with Crippen molar-refractivity contribution < 1.29 is 13.2 Å². The van der Waals surface area contributed by atoms with Crippen molar-refractivity contribution in [2.75, 3.05) is 0 Å². The summed E-state index contributed by atoms with van der Waals surface area (Å²) in [7, 11) is 0. The lowest BCUT2D eigenvalue weighted by molar-refractivity contribution is -0.186. The highest BCUT2D eigenvalue weighted by Gasteiger charge is 2.43. The van der Waals surface area contributed by atoms with E-state index in [9.17, 15) is 13.2 Å². The summed E-state index contributed by atoms with van der Waals surface area (Å²) < 4.78 is 38.5. The number of nitrogens with zero attached hydrogens (tertiary/aromatic N) is 1. The number of hydrogen-bond donors (Lipinski definition) is 1. The van der Waals surface area contributed by atoms with Crippen LogP contribution in [0.5, 0.6) is 0 Å². The van der Waals surface area contributed by atoms with Gasteiger partial charge in [0.15, 0.2) is 0 Å². The zero-order valence-electron chi connectivity index (χ0n) is 11.6. The smallest absolute Gasteiger partial charge is 0.327 e. The van der Waals surface area contributed by atoms with E-state index in [4.69, 9.17) is 5.73 Å². The van der Waals surface area contributed by atoms with Gasteiger partial charge in [0.2, 0.25) is 0 Å². The molecular formula is C15H21F3N2. The summed E-state index contributed by atoms with van der Waals surface area (Å²) in [4.78, 5) is 4.26. The fourth-order valence-corrected chi connectivity index (χ4v) is 3.13. The minimum Gasteiger partial charge on any atom is -0.327 e. The van der Waals surface area contributed by atoms with Crippen molar-refractivity contribution in [2.45, 2.75) is 50.7 Å². The molecule has 0 bridgehead atoms. The Morgan fingerprint density at radius 1 is 1.30 bits per heavy atom. The largest absolute Gasteiger partial charge is 0.391 e. The van der Waals surface area contributed by atoms with Crippen LogP contribution in [0.2, 0.25) is 0 Å². The van der Waals surface area contributed by atoms with Crippen LogP contribution >= 0.6 is 0 Å². The SMILES string of the molecule is CC(c1ccccn1)C(N)C1CCCC(C(F)(F)F)C1. The fourth-order valence-electron chi connectivity index (χ4n) is 3.13. The molecule has 0 saturated heterocycles. The predicted molar refractivity (Wildman–Crippen MR) is 72.1 cm³/mol. The van der Waals surface area contributed by atoms with Gasteiger partial charge in [-0.25, -0.2) is 0 Å². The molecule has 0 spiro atoms. The first-order valence-corrected chi connectivity index (χ1v) is 7.13. The molecule has 1 heterocycles. The van der Waals surface area contributed by atoms with Crippen molar-refractivity contribution in [3.05, 3.63) is 30.1 Å². The number of pyridine rings is 1. The summed E-state index contributed by atoms with van der Waals surface area (Å²) in [5.41, 5.74) is 7.08. The van der Waals surface area contributed by atoms with Crippen LogP contribution in [0.15, 0.2) is 24.4 Å². The maximum Gasteiger partial charge on any atom is 0.391 e. The molecule has 1 aliphatic rings. The monoisotopic (exact) mass is 286 g/mol. The third kappa shape index (κ3) is 3.51. The lowest BCUT2D eigenvalue weighted by atomic mass is 9.74. The molecule has 1 aromatic heterocycles. The van der Waals surface area contributed by atoms with Crippen LogP contribution in [-0.4, -0.2) is 17.2 Å². The van der Waals surface area contributed by atoms with Gasteiger partial charge in [-0.1, -0.05) is 19.4 Å². The van der Waals surface area contributed by atoms with Crippen LogP contribution in [0, 0.1) is 11.8 Å². The second-order valence-corrected chi connectivity index (χ2v) is 5.79. The normalized spacial score (nSPS) is 27.1. The second-order valence-electron chi connectivity index (χ2n) is 5.79. The van der Waals surface area contributed by atoms with E-state index in [-0.39, 0.29) is 30.7 Å². The molecular weight excluding hydrogens is 265 g/mol. The number of hydrogen-bond acceptors (Lipinski definition) is 2. The third-order valence-electron chi connectivity index (χ3n) is 4.45. The Morgan fingerprint density at radius 2 is 2.05 bits per heavy atom. The van der Waals surface area contributed by atoms with Crippen molar-refractivity contribution >= 4 is 0 Å². The Kier molecular flexibility index (Phi) is 4.68. The third-order valence-corrected chi connectivity index (χ3v) is 4.45. The molecule has 1 aliphatic carbocycles. The molecule has 2 rings (SSSR count). The lowest BCUT2D eigenvalue weighted by Crippen LogP contribution is -2.40. The van der Waals surface area contributed by atoms with Gasteiger partial charge in [-0.3, -0.25) is 4.98 Å². The van der Waals surface area contributed by atoms with E-state index < -0.39 is 12.1 Å². The van der Waals surface area contributed by atoms with E-state index in [1.807, 2.05) is 25.1 Å². The van der Waals surface area contributed by atoms with Crippen molar-refractivity contribution in [1.29, 1.82) is 0 Å². The van der Waals surface area contributed by atoms with Crippen LogP contribution in [0.25, 0.3) is 0 Å². The fraction of sp³-hybridized carbons (Fsp3) is 0.667. The van der Waals surface area contributed by atoms with E-state index >= 15 is 0 Å². The first kappa shape index (κ1) is 15.3. The van der Waals surface area contributed by atoms with Crippen molar-refractivity contribution in [3.8, 4) is 0 Å². The zero-order valence-corrected chi connectivity index (χ0v) is 11.6. The number of alkyl halides is 3. The number of rotatable bonds is 3. The van der Waals surface area contributed by atoms with E-state index in [1.165, 1.54) is 0 Å². The minimum absolute atomic E-state index is 0.0202. The van der Waals surface area contributed by atoms with Crippen LogP contribution in [-0.2, 0) is 0 Å². The molecule has 1 fully saturated rings. The van der Waals surface area contributed by atoms with Crippen LogP contribution in [0.4, 0.5) is 13.2 Å². The molecule has 2 nitrogen and oxygen atoms in total. The summed E-state index contributed by atoms with van der Waals surface area (Å²) >= 11 is 0. The molecule has 1 saturated carbocycles. The summed E-state index contributed by atoms with van der Waals surface area (Å²) in [5, 5.41) is 0. The molecule has 0 amide bonds. The first-order valence-electron chi connectivity index (χ1n) is 7.13. The molecule has 0 aliphatic heterocycles. The van der Waals surface area contributed by atoms with E-state index in [0.717, 1.165) is 12.1 Å². The number of aromatic nitrogens is 1.